The maximum atomic E-state index is 13.0. The van der Waals surface area contributed by atoms with Crippen LogP contribution in [-0.2, 0) is 40.6 Å². The van der Waals surface area contributed by atoms with E-state index in [1.54, 1.807) is 18.2 Å². The highest BCUT2D eigenvalue weighted by Crippen LogP contribution is 2.37. The number of methoxy groups -OCH3 is 4. The van der Waals surface area contributed by atoms with Crippen molar-refractivity contribution in [1.29, 1.82) is 0 Å². The van der Waals surface area contributed by atoms with Gasteiger partial charge < -0.3 is 45.1 Å². The van der Waals surface area contributed by atoms with Gasteiger partial charge in [0.05, 0.1) is 66.3 Å². The van der Waals surface area contributed by atoms with Crippen molar-refractivity contribution in [3.8, 4) is 23.0 Å². The molecule has 3 amide bonds. The number of halogens is 2. The number of benzene rings is 3. The number of hydrogen-bond donors (Lipinski definition) is 5. The number of carbonyl (C=O) groups excluding carboxylic acids is 2. The first kappa shape index (κ1) is 47.2. The van der Waals surface area contributed by atoms with Gasteiger partial charge in [-0.05, 0) is 36.4 Å². The maximum absolute atomic E-state index is 13.0. The van der Waals surface area contributed by atoms with E-state index in [4.69, 9.17) is 52.4 Å². The number of amides is 3. The van der Waals surface area contributed by atoms with E-state index in [1.165, 1.54) is 77.1 Å². The molecule has 336 valence electrons. The van der Waals surface area contributed by atoms with Crippen molar-refractivity contribution >= 4 is 80.4 Å². The second-order valence-electron chi connectivity index (χ2n) is 13.1. The summed E-state index contributed by atoms with van der Waals surface area (Å²) in [6, 6.07) is 15.1. The van der Waals surface area contributed by atoms with Crippen LogP contribution in [0.15, 0.2) is 86.0 Å². The van der Waals surface area contributed by atoms with Gasteiger partial charge in [0.25, 0.3) is 11.1 Å². The second kappa shape index (κ2) is 20.8. The van der Waals surface area contributed by atoms with Gasteiger partial charge in [-0.2, -0.15) is 0 Å². The minimum Gasteiger partial charge on any atom is -0.495 e. The minimum absolute atomic E-state index is 0.0917. The SMILES string of the molecule is COc1cc(OC)c(NC(=O)Cn2c(=O)n(CC(=O)O)c(=O)c3ncccc32)cc1Cl.COc1cc(OC)c(NC(=O)Cn2c(=O)n(CCNC(=O)O)c(=O)c3ccccc32)cc1Cl. The second-order valence-corrected chi connectivity index (χ2v) is 13.9. The number of aliphatic carboxylic acids is 1. The number of anilines is 2. The number of carboxylic acids is 1. The summed E-state index contributed by atoms with van der Waals surface area (Å²) in [5.74, 6) is -1.34. The quantitative estimate of drug-likeness (QED) is 0.0990. The summed E-state index contributed by atoms with van der Waals surface area (Å²) < 4.78 is 24.2. The third-order valence-electron chi connectivity index (χ3n) is 9.12. The molecule has 0 unspecified atom stereocenters. The van der Waals surface area contributed by atoms with Gasteiger partial charge in [-0.25, -0.2) is 23.9 Å². The third kappa shape index (κ3) is 10.6. The molecule has 5 N–H and O–H groups in total. The van der Waals surface area contributed by atoms with E-state index in [1.807, 2.05) is 0 Å². The standard InChI is InChI=1S/C21H21ClN4O7.C19H17ClN4O7/c1-32-16-10-17(33-2)14(9-13(16)22)24-18(27)11-26-15-6-4-3-5-12(15)19(28)25(21(26)31)8-7-23-20(29)30;1-30-13-7-14(31-2)11(6-10(13)20)22-15(25)8-23-12-4-3-5-21-17(12)18(28)24(19(23)29)9-16(26)27/h3-6,9-10,23H,7-8,11H2,1-2H3,(H,24,27)(H,29,30);3-7H,8-9H2,1-2H3,(H,22,25)(H,26,27). The van der Waals surface area contributed by atoms with E-state index in [0.717, 1.165) is 13.7 Å². The molecule has 6 aromatic rings. The average molecular weight is 926 g/mol. The number of rotatable bonds is 15. The van der Waals surface area contributed by atoms with Gasteiger partial charge >= 0.3 is 23.4 Å². The fourth-order valence-electron chi connectivity index (χ4n) is 6.25. The molecule has 0 atom stereocenters. The van der Waals surface area contributed by atoms with Crippen LogP contribution in [0.4, 0.5) is 16.2 Å². The molecule has 3 heterocycles. The molecular formula is C40H38Cl2N8O14. The van der Waals surface area contributed by atoms with Crippen LogP contribution in [0.1, 0.15) is 0 Å². The monoisotopic (exact) mass is 924 g/mol. The van der Waals surface area contributed by atoms with Crippen LogP contribution in [0.25, 0.3) is 21.9 Å². The molecular weight excluding hydrogens is 887 g/mol. The van der Waals surface area contributed by atoms with Gasteiger partial charge in [-0.1, -0.05) is 35.3 Å². The van der Waals surface area contributed by atoms with Crippen molar-refractivity contribution in [1.82, 2.24) is 28.6 Å². The van der Waals surface area contributed by atoms with Crippen molar-refractivity contribution < 1.29 is 48.3 Å². The highest BCUT2D eigenvalue weighted by molar-refractivity contribution is 6.33. The van der Waals surface area contributed by atoms with Crippen LogP contribution < -0.4 is 57.4 Å². The van der Waals surface area contributed by atoms with Crippen LogP contribution in [0.5, 0.6) is 23.0 Å². The van der Waals surface area contributed by atoms with Crippen LogP contribution in [0.3, 0.4) is 0 Å². The molecule has 24 heteroatoms. The van der Waals surface area contributed by atoms with Crippen molar-refractivity contribution in [2.75, 3.05) is 45.6 Å². The van der Waals surface area contributed by atoms with Gasteiger partial charge in [-0.15, -0.1) is 0 Å². The van der Waals surface area contributed by atoms with Gasteiger partial charge in [0, 0.05) is 31.4 Å². The van der Waals surface area contributed by atoms with Crippen molar-refractivity contribution in [2.24, 2.45) is 0 Å². The van der Waals surface area contributed by atoms with Gasteiger partial charge in [0.15, 0.2) is 5.52 Å². The zero-order valence-corrected chi connectivity index (χ0v) is 35.7. The van der Waals surface area contributed by atoms with E-state index >= 15 is 0 Å². The largest absolute Gasteiger partial charge is 0.495 e. The lowest BCUT2D eigenvalue weighted by atomic mass is 10.2. The van der Waals surface area contributed by atoms with Gasteiger partial charge in [0.2, 0.25) is 11.8 Å². The molecule has 22 nitrogen and oxygen atoms in total. The van der Waals surface area contributed by atoms with E-state index in [2.05, 4.69) is 20.9 Å². The number of para-hydroxylation sites is 1. The summed E-state index contributed by atoms with van der Waals surface area (Å²) in [4.78, 5) is 102. The van der Waals surface area contributed by atoms with Crippen molar-refractivity contribution in [3.63, 3.8) is 0 Å². The summed E-state index contributed by atoms with van der Waals surface area (Å²) in [6.45, 7) is -2.16. The Morgan fingerprint density at radius 1 is 0.625 bits per heavy atom. The normalized spacial score (nSPS) is 10.7. The summed E-state index contributed by atoms with van der Waals surface area (Å²) in [5, 5.41) is 25.8. The number of ether oxygens (including phenoxy) is 4. The Morgan fingerprint density at radius 2 is 1.12 bits per heavy atom. The smallest absolute Gasteiger partial charge is 0.404 e. The Labute approximate surface area is 369 Å². The number of carboxylic acid groups (broad SMARTS) is 2. The Balaban J connectivity index is 0.000000241. The Bertz CT molecular complexity index is 3040. The lowest BCUT2D eigenvalue weighted by Gasteiger charge is -2.16. The molecule has 0 aliphatic carbocycles. The highest BCUT2D eigenvalue weighted by atomic mass is 35.5. The molecule has 0 saturated heterocycles. The summed E-state index contributed by atoms with van der Waals surface area (Å²) >= 11 is 12.2. The predicted octanol–water partition coefficient (Wildman–Crippen LogP) is 2.69. The van der Waals surface area contributed by atoms with E-state index in [-0.39, 0.29) is 62.2 Å². The maximum Gasteiger partial charge on any atom is 0.404 e. The summed E-state index contributed by atoms with van der Waals surface area (Å²) in [6.07, 6.45) is 0.0455. The molecule has 0 radical (unpaired) electrons. The zero-order chi connectivity index (χ0) is 46.8. The summed E-state index contributed by atoms with van der Waals surface area (Å²) in [7, 11) is 5.68. The van der Waals surface area contributed by atoms with E-state index < -0.39 is 66.0 Å². The number of nitrogens with zero attached hydrogens (tertiary/aromatic N) is 5. The summed E-state index contributed by atoms with van der Waals surface area (Å²) in [5.41, 5.74) is -2.42. The molecule has 0 aliphatic rings. The first-order valence-corrected chi connectivity index (χ1v) is 19.2. The Hall–Kier alpha value is -7.85. The predicted molar refractivity (Wildman–Crippen MR) is 233 cm³/mol. The molecule has 0 saturated carbocycles. The fourth-order valence-corrected chi connectivity index (χ4v) is 6.73. The van der Waals surface area contributed by atoms with Crippen LogP contribution >= 0.6 is 23.2 Å². The molecule has 0 aliphatic heterocycles. The van der Waals surface area contributed by atoms with E-state index in [0.29, 0.717) is 21.8 Å². The van der Waals surface area contributed by atoms with E-state index in [9.17, 15) is 38.4 Å². The van der Waals surface area contributed by atoms with Crippen LogP contribution in [0.2, 0.25) is 10.0 Å². The van der Waals surface area contributed by atoms with Crippen molar-refractivity contribution in [2.45, 2.75) is 26.2 Å². The van der Waals surface area contributed by atoms with Gasteiger partial charge in [-0.3, -0.25) is 37.7 Å². The lowest BCUT2D eigenvalue weighted by molar-refractivity contribution is -0.137. The first-order chi connectivity index (χ1) is 30.5. The molecule has 0 fully saturated rings. The molecule has 0 bridgehead atoms. The Kier molecular flexibility index (Phi) is 15.3. The van der Waals surface area contributed by atoms with Crippen LogP contribution in [-0.4, -0.2) is 92.3 Å². The number of aromatic nitrogens is 5. The third-order valence-corrected chi connectivity index (χ3v) is 9.71. The number of hydrogen-bond acceptors (Lipinski definition) is 13. The topological polar surface area (TPSA) is 283 Å². The minimum atomic E-state index is -1.39. The average Bonchev–Trinajstić information content (AvgIpc) is 3.26. The Morgan fingerprint density at radius 3 is 1.64 bits per heavy atom. The molecule has 6 rings (SSSR count). The first-order valence-electron chi connectivity index (χ1n) is 18.4. The number of carbonyl (C=O) groups is 4. The number of fused-ring (bicyclic) bond motifs is 2. The molecule has 3 aromatic heterocycles. The molecule has 64 heavy (non-hydrogen) atoms. The van der Waals surface area contributed by atoms with Gasteiger partial charge in [0.1, 0.15) is 42.6 Å². The fraction of sp³-hybridized carbons (Fsp3) is 0.225. The zero-order valence-electron chi connectivity index (χ0n) is 34.2. The van der Waals surface area contributed by atoms with Crippen LogP contribution in [0, 0.1) is 0 Å². The lowest BCUT2D eigenvalue weighted by Crippen LogP contribution is -2.43. The number of pyridine rings is 1. The number of nitrogens with one attached hydrogen (secondary N) is 3. The molecule has 3 aromatic carbocycles. The van der Waals surface area contributed by atoms with Crippen molar-refractivity contribution in [3.05, 3.63) is 119 Å². The molecule has 0 spiro atoms. The highest BCUT2D eigenvalue weighted by Gasteiger charge is 2.21.